The zero-order valence-electron chi connectivity index (χ0n) is 10.7. The fraction of sp³-hybridized carbons (Fsp3) is 0.467. The molecule has 0 aliphatic heterocycles. The molecule has 0 amide bonds. The van der Waals surface area contributed by atoms with E-state index >= 15 is 0 Å². The Balaban J connectivity index is 1.92. The molecule has 2 rings (SSSR count). The van der Waals surface area contributed by atoms with Gasteiger partial charge in [-0.05, 0) is 42.5 Å². The summed E-state index contributed by atoms with van der Waals surface area (Å²) in [6.45, 7) is 0.470. The summed E-state index contributed by atoms with van der Waals surface area (Å²) in [7, 11) is 0. The zero-order chi connectivity index (χ0) is 13.7. The Bertz CT molecular complexity index is 464. The number of halogens is 1. The summed E-state index contributed by atoms with van der Waals surface area (Å²) in [5, 5.41) is -0.568. The maximum Gasteiger partial charge on any atom is 0.338 e. The molecule has 0 saturated heterocycles. The lowest BCUT2D eigenvalue weighted by molar-refractivity contribution is 0.0410. The third kappa shape index (κ3) is 4.06. The van der Waals surface area contributed by atoms with Crippen LogP contribution in [0.5, 0.6) is 0 Å². The van der Waals surface area contributed by atoms with Gasteiger partial charge in [-0.2, -0.15) is 0 Å². The summed E-state index contributed by atoms with van der Waals surface area (Å²) in [4.78, 5) is 22.9. The normalized spacial score (nSPS) is 16.1. The fourth-order valence-corrected chi connectivity index (χ4v) is 2.52. The van der Waals surface area contributed by atoms with Crippen LogP contribution in [0.2, 0.25) is 0 Å². The van der Waals surface area contributed by atoms with Crippen LogP contribution in [0, 0.1) is 5.92 Å². The van der Waals surface area contributed by atoms with E-state index in [2.05, 4.69) is 0 Å². The van der Waals surface area contributed by atoms with Crippen LogP contribution in [0.1, 0.15) is 52.8 Å². The van der Waals surface area contributed by atoms with Crippen LogP contribution >= 0.6 is 11.6 Å². The van der Waals surface area contributed by atoms with Gasteiger partial charge < -0.3 is 4.74 Å². The van der Waals surface area contributed by atoms with Crippen LogP contribution in [0.3, 0.4) is 0 Å². The number of rotatable bonds is 4. The molecule has 0 unspecified atom stereocenters. The molecule has 102 valence electrons. The second-order valence-electron chi connectivity index (χ2n) is 4.96. The number of hydrogen-bond acceptors (Lipinski definition) is 3. The Morgan fingerprint density at radius 2 is 1.84 bits per heavy atom. The first kappa shape index (κ1) is 14.1. The predicted octanol–water partition coefficient (Wildman–Crippen LogP) is 3.80. The van der Waals surface area contributed by atoms with E-state index in [9.17, 15) is 9.59 Å². The number of ether oxygens (including phenoxy) is 1. The Hall–Kier alpha value is -1.35. The number of carbonyl (C=O) groups is 2. The van der Waals surface area contributed by atoms with E-state index in [1.54, 1.807) is 18.2 Å². The van der Waals surface area contributed by atoms with Crippen LogP contribution in [0.25, 0.3) is 0 Å². The number of hydrogen-bond donors (Lipinski definition) is 0. The van der Waals surface area contributed by atoms with Gasteiger partial charge in [0.05, 0.1) is 12.2 Å². The predicted molar refractivity (Wildman–Crippen MR) is 73.5 cm³/mol. The molecule has 0 heterocycles. The summed E-state index contributed by atoms with van der Waals surface area (Å²) in [6, 6.07) is 6.31. The van der Waals surface area contributed by atoms with E-state index in [1.165, 1.54) is 25.3 Å². The highest BCUT2D eigenvalue weighted by molar-refractivity contribution is 6.67. The molecule has 0 aromatic heterocycles. The molecule has 1 aromatic carbocycles. The second-order valence-corrected chi connectivity index (χ2v) is 5.30. The van der Waals surface area contributed by atoms with Crippen molar-refractivity contribution in [3.05, 3.63) is 35.4 Å². The lowest BCUT2D eigenvalue weighted by Gasteiger charge is -2.21. The lowest BCUT2D eigenvalue weighted by atomic mass is 9.90. The van der Waals surface area contributed by atoms with Crippen molar-refractivity contribution in [2.45, 2.75) is 32.1 Å². The molecule has 1 aliphatic rings. The molecular formula is C15H17ClO3. The Morgan fingerprint density at radius 3 is 2.53 bits per heavy atom. The van der Waals surface area contributed by atoms with E-state index in [1.807, 2.05) is 0 Å². The van der Waals surface area contributed by atoms with Crippen LogP contribution in [0.4, 0.5) is 0 Å². The van der Waals surface area contributed by atoms with Gasteiger partial charge in [0.15, 0.2) is 0 Å². The van der Waals surface area contributed by atoms with Gasteiger partial charge in [0.1, 0.15) is 0 Å². The first-order valence-corrected chi connectivity index (χ1v) is 7.01. The maximum absolute atomic E-state index is 11.9. The summed E-state index contributed by atoms with van der Waals surface area (Å²) >= 11 is 5.39. The van der Waals surface area contributed by atoms with Crippen molar-refractivity contribution < 1.29 is 14.3 Å². The Labute approximate surface area is 117 Å². The van der Waals surface area contributed by atoms with Crippen molar-refractivity contribution in [3.8, 4) is 0 Å². The fourth-order valence-electron chi connectivity index (χ4n) is 2.40. The molecule has 1 fully saturated rings. The van der Waals surface area contributed by atoms with Crippen molar-refractivity contribution in [1.29, 1.82) is 0 Å². The van der Waals surface area contributed by atoms with E-state index in [-0.39, 0.29) is 5.97 Å². The minimum atomic E-state index is -0.568. The maximum atomic E-state index is 11.9. The first-order chi connectivity index (χ1) is 9.16. The second kappa shape index (κ2) is 6.71. The standard InChI is InChI=1S/C15H17ClO3/c16-14(17)12-7-4-8-13(9-12)15(18)19-10-11-5-2-1-3-6-11/h4,7-9,11H,1-3,5-6,10H2. The first-order valence-electron chi connectivity index (χ1n) is 6.64. The van der Waals surface area contributed by atoms with Gasteiger partial charge in [-0.25, -0.2) is 4.79 Å². The zero-order valence-corrected chi connectivity index (χ0v) is 11.5. The molecule has 0 radical (unpaired) electrons. The van der Waals surface area contributed by atoms with Gasteiger partial charge in [-0.3, -0.25) is 4.79 Å². The highest BCUT2D eigenvalue weighted by atomic mass is 35.5. The summed E-state index contributed by atoms with van der Waals surface area (Å²) in [5.74, 6) is 0.0980. The molecule has 1 aromatic rings. The monoisotopic (exact) mass is 280 g/mol. The molecule has 19 heavy (non-hydrogen) atoms. The SMILES string of the molecule is O=C(Cl)c1cccc(C(=O)OCC2CCCCC2)c1. The third-order valence-electron chi connectivity index (χ3n) is 3.50. The van der Waals surface area contributed by atoms with Crippen LogP contribution in [-0.4, -0.2) is 17.8 Å². The number of carbonyl (C=O) groups excluding carboxylic acids is 2. The average Bonchev–Trinajstić information content (AvgIpc) is 2.46. The molecule has 1 saturated carbocycles. The molecule has 1 aliphatic carbocycles. The van der Waals surface area contributed by atoms with Gasteiger partial charge in [-0.1, -0.05) is 31.4 Å². The van der Waals surface area contributed by atoms with Crippen molar-refractivity contribution in [2.24, 2.45) is 5.92 Å². The summed E-state index contributed by atoms with van der Waals surface area (Å²) in [6.07, 6.45) is 5.99. The molecule has 0 atom stereocenters. The van der Waals surface area contributed by atoms with Gasteiger partial charge in [0.2, 0.25) is 0 Å². The highest BCUT2D eigenvalue weighted by Gasteiger charge is 2.16. The van der Waals surface area contributed by atoms with Gasteiger partial charge >= 0.3 is 5.97 Å². The largest absolute Gasteiger partial charge is 0.462 e. The average molecular weight is 281 g/mol. The van der Waals surface area contributed by atoms with E-state index in [0.717, 1.165) is 12.8 Å². The van der Waals surface area contributed by atoms with E-state index in [4.69, 9.17) is 16.3 Å². The van der Waals surface area contributed by atoms with Crippen molar-refractivity contribution in [1.82, 2.24) is 0 Å². The minimum absolute atomic E-state index is 0.314. The molecule has 0 spiro atoms. The topological polar surface area (TPSA) is 43.4 Å². The van der Waals surface area contributed by atoms with Crippen LogP contribution in [0.15, 0.2) is 24.3 Å². The van der Waals surface area contributed by atoms with Crippen molar-refractivity contribution in [3.63, 3.8) is 0 Å². The summed E-state index contributed by atoms with van der Waals surface area (Å²) in [5.41, 5.74) is 0.691. The van der Waals surface area contributed by atoms with Gasteiger partial charge in [0, 0.05) is 5.56 Å². The van der Waals surface area contributed by atoms with Crippen molar-refractivity contribution in [2.75, 3.05) is 6.61 Å². The Morgan fingerprint density at radius 1 is 1.16 bits per heavy atom. The molecular weight excluding hydrogens is 264 g/mol. The minimum Gasteiger partial charge on any atom is -0.462 e. The Kier molecular flexibility index (Phi) is 4.97. The lowest BCUT2D eigenvalue weighted by Crippen LogP contribution is -2.17. The van der Waals surface area contributed by atoms with E-state index in [0.29, 0.717) is 23.7 Å². The quantitative estimate of drug-likeness (QED) is 0.622. The molecule has 3 nitrogen and oxygen atoms in total. The highest BCUT2D eigenvalue weighted by Crippen LogP contribution is 2.24. The molecule has 0 N–H and O–H groups in total. The third-order valence-corrected chi connectivity index (χ3v) is 3.72. The number of esters is 1. The summed E-state index contributed by atoms with van der Waals surface area (Å²) < 4.78 is 5.31. The smallest absolute Gasteiger partial charge is 0.338 e. The van der Waals surface area contributed by atoms with Gasteiger partial charge in [-0.15, -0.1) is 0 Å². The molecule has 4 heteroatoms. The van der Waals surface area contributed by atoms with E-state index < -0.39 is 5.24 Å². The van der Waals surface area contributed by atoms with Crippen LogP contribution < -0.4 is 0 Å². The van der Waals surface area contributed by atoms with Crippen molar-refractivity contribution >= 4 is 22.8 Å². The van der Waals surface area contributed by atoms with Gasteiger partial charge in [0.25, 0.3) is 5.24 Å². The number of benzene rings is 1. The van der Waals surface area contributed by atoms with Crippen LogP contribution in [-0.2, 0) is 4.74 Å². The molecule has 0 bridgehead atoms.